The van der Waals surface area contributed by atoms with Crippen LogP contribution in [0.5, 0.6) is 5.75 Å². The van der Waals surface area contributed by atoms with Crippen molar-refractivity contribution in [1.29, 1.82) is 0 Å². The molecule has 0 amide bonds. The summed E-state index contributed by atoms with van der Waals surface area (Å²) in [5.41, 5.74) is 2.90. The first-order valence-electron chi connectivity index (χ1n) is 7.69. The zero-order valence-corrected chi connectivity index (χ0v) is 14.1. The Labute approximate surface area is 128 Å². The van der Waals surface area contributed by atoms with Crippen molar-refractivity contribution in [1.82, 2.24) is 10.6 Å². The molecule has 1 atom stereocenters. The van der Waals surface area contributed by atoms with Gasteiger partial charge in [-0.2, -0.15) is 0 Å². The molecule has 0 aliphatic carbocycles. The molecule has 0 aliphatic rings. The molecule has 1 rings (SSSR count). The van der Waals surface area contributed by atoms with Crippen LogP contribution in [0.4, 0.5) is 0 Å². The molecule has 0 saturated heterocycles. The van der Waals surface area contributed by atoms with E-state index in [4.69, 9.17) is 0 Å². The third kappa shape index (κ3) is 5.29. The van der Waals surface area contributed by atoms with Crippen molar-refractivity contribution in [3.05, 3.63) is 28.8 Å². The predicted octanol–water partition coefficient (Wildman–Crippen LogP) is 3.11. The highest BCUT2D eigenvalue weighted by molar-refractivity contribution is 5.80. The van der Waals surface area contributed by atoms with Crippen LogP contribution in [0.15, 0.2) is 17.1 Å². The minimum Gasteiger partial charge on any atom is -0.507 e. The van der Waals surface area contributed by atoms with E-state index in [0.717, 1.165) is 29.2 Å². The molecule has 118 valence electrons. The number of aromatic hydroxyl groups is 1. The van der Waals surface area contributed by atoms with Gasteiger partial charge in [-0.3, -0.25) is 0 Å². The van der Waals surface area contributed by atoms with Crippen molar-refractivity contribution in [2.75, 3.05) is 6.54 Å². The Hall–Kier alpha value is -1.71. The average molecular weight is 291 g/mol. The van der Waals surface area contributed by atoms with Crippen LogP contribution < -0.4 is 10.6 Å². The summed E-state index contributed by atoms with van der Waals surface area (Å²) in [6, 6.07) is 4.34. The predicted molar refractivity (Wildman–Crippen MR) is 89.8 cm³/mol. The van der Waals surface area contributed by atoms with Gasteiger partial charge in [0.15, 0.2) is 5.96 Å². The molecular formula is C17H29N3O. The van der Waals surface area contributed by atoms with E-state index >= 15 is 0 Å². The van der Waals surface area contributed by atoms with E-state index in [2.05, 4.69) is 43.3 Å². The summed E-state index contributed by atoms with van der Waals surface area (Å²) < 4.78 is 0. The number of nitrogens with zero attached hydrogens (tertiary/aromatic N) is 1. The number of phenolic OH excluding ortho intramolecular Hbond substituents is 1. The lowest BCUT2D eigenvalue weighted by Gasteiger charge is -2.20. The number of aryl methyl sites for hydroxylation is 2. The van der Waals surface area contributed by atoms with Gasteiger partial charge < -0.3 is 15.7 Å². The second-order valence-corrected chi connectivity index (χ2v) is 5.95. The number of hydrogen-bond acceptors (Lipinski definition) is 2. The number of benzene rings is 1. The third-order valence-corrected chi connectivity index (χ3v) is 3.68. The maximum absolute atomic E-state index is 9.81. The molecule has 0 heterocycles. The number of guanidine groups is 1. The topological polar surface area (TPSA) is 56.7 Å². The summed E-state index contributed by atoms with van der Waals surface area (Å²) in [5.74, 6) is 1.76. The number of phenols is 1. The van der Waals surface area contributed by atoms with Crippen LogP contribution in [0, 0.1) is 19.8 Å². The Morgan fingerprint density at radius 2 is 1.76 bits per heavy atom. The summed E-state index contributed by atoms with van der Waals surface area (Å²) in [6.07, 6.45) is 0. The van der Waals surface area contributed by atoms with Crippen molar-refractivity contribution >= 4 is 5.96 Å². The van der Waals surface area contributed by atoms with Gasteiger partial charge in [0.25, 0.3) is 0 Å². The first-order chi connectivity index (χ1) is 9.85. The van der Waals surface area contributed by atoms with Gasteiger partial charge in [0.2, 0.25) is 0 Å². The van der Waals surface area contributed by atoms with E-state index < -0.39 is 0 Å². The highest BCUT2D eigenvalue weighted by Gasteiger charge is 2.09. The van der Waals surface area contributed by atoms with Crippen molar-refractivity contribution in [2.45, 2.75) is 54.1 Å². The molecule has 0 saturated carbocycles. The van der Waals surface area contributed by atoms with Crippen LogP contribution in [0.2, 0.25) is 0 Å². The zero-order valence-electron chi connectivity index (χ0n) is 14.1. The van der Waals surface area contributed by atoms with E-state index in [9.17, 15) is 5.11 Å². The number of nitrogens with one attached hydrogen (secondary N) is 2. The molecule has 0 spiro atoms. The monoisotopic (exact) mass is 291 g/mol. The normalized spacial score (nSPS) is 13.4. The fraction of sp³-hybridized carbons (Fsp3) is 0.588. The van der Waals surface area contributed by atoms with Gasteiger partial charge in [-0.15, -0.1) is 0 Å². The van der Waals surface area contributed by atoms with E-state index in [1.54, 1.807) is 0 Å². The second kappa shape index (κ2) is 7.91. The van der Waals surface area contributed by atoms with Gasteiger partial charge in [0.1, 0.15) is 5.75 Å². The Morgan fingerprint density at radius 3 is 2.24 bits per heavy atom. The molecule has 0 radical (unpaired) electrons. The molecule has 1 unspecified atom stereocenters. The highest BCUT2D eigenvalue weighted by Crippen LogP contribution is 2.23. The minimum absolute atomic E-state index is 0.367. The molecule has 1 aromatic carbocycles. The standard InChI is InChI=1S/C17H29N3O/c1-7-18-17(20-14(6)11(2)3)19-10-15-8-12(4)16(21)13(5)9-15/h8-9,11,14,21H,7,10H2,1-6H3,(H2,18,19,20). The fourth-order valence-corrected chi connectivity index (χ4v) is 2.01. The number of hydrogen-bond donors (Lipinski definition) is 3. The quantitative estimate of drug-likeness (QED) is 0.577. The Bertz CT molecular complexity index is 472. The molecule has 4 heteroatoms. The Morgan fingerprint density at radius 1 is 1.19 bits per heavy atom. The number of rotatable bonds is 5. The van der Waals surface area contributed by atoms with Gasteiger partial charge >= 0.3 is 0 Å². The third-order valence-electron chi connectivity index (χ3n) is 3.68. The largest absolute Gasteiger partial charge is 0.507 e. The molecular weight excluding hydrogens is 262 g/mol. The maximum atomic E-state index is 9.81. The van der Waals surface area contributed by atoms with Gasteiger partial charge in [-0.05, 0) is 50.3 Å². The molecule has 1 aromatic rings. The Balaban J connectivity index is 2.82. The first kappa shape index (κ1) is 17.3. The summed E-state index contributed by atoms with van der Waals surface area (Å²) in [7, 11) is 0. The maximum Gasteiger partial charge on any atom is 0.191 e. The van der Waals surface area contributed by atoms with Gasteiger partial charge in [-0.1, -0.05) is 26.0 Å². The lowest BCUT2D eigenvalue weighted by molar-refractivity contribution is 0.466. The van der Waals surface area contributed by atoms with Crippen molar-refractivity contribution in [2.24, 2.45) is 10.9 Å². The number of aliphatic imine (C=N–C) groups is 1. The summed E-state index contributed by atoms with van der Waals surface area (Å²) in [6.45, 7) is 13.9. The van der Waals surface area contributed by atoms with E-state index in [-0.39, 0.29) is 0 Å². The van der Waals surface area contributed by atoms with Crippen LogP contribution in [-0.2, 0) is 6.54 Å². The average Bonchev–Trinajstić information content (AvgIpc) is 2.42. The van der Waals surface area contributed by atoms with Crippen molar-refractivity contribution < 1.29 is 5.11 Å². The Kier molecular flexibility index (Phi) is 6.53. The zero-order chi connectivity index (χ0) is 16.0. The van der Waals surface area contributed by atoms with Crippen LogP contribution in [0.1, 0.15) is 44.4 Å². The molecule has 3 N–H and O–H groups in total. The molecule has 0 aliphatic heterocycles. The van der Waals surface area contributed by atoms with E-state index in [1.807, 2.05) is 26.0 Å². The van der Waals surface area contributed by atoms with Crippen LogP contribution >= 0.6 is 0 Å². The van der Waals surface area contributed by atoms with Crippen LogP contribution in [0.3, 0.4) is 0 Å². The summed E-state index contributed by atoms with van der Waals surface area (Å²) in [4.78, 5) is 4.63. The lowest BCUT2D eigenvalue weighted by Crippen LogP contribution is -2.44. The van der Waals surface area contributed by atoms with E-state index in [0.29, 0.717) is 24.3 Å². The molecule has 0 bridgehead atoms. The molecule has 21 heavy (non-hydrogen) atoms. The molecule has 0 aromatic heterocycles. The fourth-order valence-electron chi connectivity index (χ4n) is 2.01. The van der Waals surface area contributed by atoms with Gasteiger partial charge in [-0.25, -0.2) is 4.99 Å². The van der Waals surface area contributed by atoms with Gasteiger partial charge in [0.05, 0.1) is 6.54 Å². The molecule has 0 fully saturated rings. The smallest absolute Gasteiger partial charge is 0.191 e. The first-order valence-corrected chi connectivity index (χ1v) is 7.69. The lowest BCUT2D eigenvalue weighted by atomic mass is 10.1. The SMILES string of the molecule is CCNC(=NCc1cc(C)c(O)c(C)c1)NC(C)C(C)C. The summed E-state index contributed by atoms with van der Waals surface area (Å²) in [5, 5.41) is 16.5. The van der Waals surface area contributed by atoms with Crippen LogP contribution in [-0.4, -0.2) is 23.7 Å². The minimum atomic E-state index is 0.367. The van der Waals surface area contributed by atoms with Gasteiger partial charge in [0, 0.05) is 12.6 Å². The molecule has 4 nitrogen and oxygen atoms in total. The summed E-state index contributed by atoms with van der Waals surface area (Å²) >= 11 is 0. The second-order valence-electron chi connectivity index (χ2n) is 5.95. The van der Waals surface area contributed by atoms with Crippen LogP contribution in [0.25, 0.3) is 0 Å². The van der Waals surface area contributed by atoms with Crippen molar-refractivity contribution in [3.63, 3.8) is 0 Å². The highest BCUT2D eigenvalue weighted by atomic mass is 16.3. The van der Waals surface area contributed by atoms with Crippen molar-refractivity contribution in [3.8, 4) is 5.75 Å². The van der Waals surface area contributed by atoms with E-state index in [1.165, 1.54) is 0 Å².